The van der Waals surface area contributed by atoms with Crippen LogP contribution in [0.1, 0.15) is 17.3 Å². The molecule has 1 aromatic carbocycles. The quantitative estimate of drug-likeness (QED) is 0.492. The average molecular weight is 169 g/mol. The predicted molar refractivity (Wildman–Crippen MR) is 42.5 cm³/mol. The number of halogens is 1. The Labute approximate surface area is 68.6 Å². The molecule has 1 aromatic rings. The fourth-order valence-electron chi connectivity index (χ4n) is 0.864. The van der Waals surface area contributed by atoms with Crippen LogP contribution in [0.15, 0.2) is 12.1 Å². The molecule has 3 N–H and O–H groups in total. The van der Waals surface area contributed by atoms with E-state index in [0.29, 0.717) is 0 Å². The number of rotatable bonds is 1. The van der Waals surface area contributed by atoms with E-state index in [0.717, 1.165) is 0 Å². The maximum absolute atomic E-state index is 12.8. The zero-order valence-electron chi connectivity index (χ0n) is 6.47. The van der Waals surface area contributed by atoms with Crippen molar-refractivity contribution in [2.45, 2.75) is 6.92 Å². The molecule has 4 heteroatoms. The molecule has 3 nitrogen and oxygen atoms in total. The lowest BCUT2D eigenvalue weighted by Crippen LogP contribution is -1.98. The van der Waals surface area contributed by atoms with Crippen LogP contribution in [0.3, 0.4) is 0 Å². The second kappa shape index (κ2) is 2.81. The standard InChI is InChI=1S/C8H8FNO2/c1-4(11)5-2-3-6(10)7(9)8(5)12/h2-3,12H,10H2,1H3. The van der Waals surface area contributed by atoms with E-state index in [1.165, 1.54) is 19.1 Å². The minimum Gasteiger partial charge on any atom is -0.504 e. The molecule has 12 heavy (non-hydrogen) atoms. The summed E-state index contributed by atoms with van der Waals surface area (Å²) in [5.74, 6) is -2.02. The van der Waals surface area contributed by atoms with Gasteiger partial charge in [-0.3, -0.25) is 4.79 Å². The van der Waals surface area contributed by atoms with E-state index in [1.54, 1.807) is 0 Å². The number of ketones is 1. The fraction of sp³-hybridized carbons (Fsp3) is 0.125. The third kappa shape index (κ3) is 1.23. The number of carbonyl (C=O) groups excluding carboxylic acids is 1. The number of carbonyl (C=O) groups is 1. The first kappa shape index (κ1) is 8.52. The van der Waals surface area contributed by atoms with E-state index in [1.807, 2.05) is 0 Å². The van der Waals surface area contributed by atoms with Gasteiger partial charge in [0, 0.05) is 0 Å². The highest BCUT2D eigenvalue weighted by Crippen LogP contribution is 2.25. The molecule has 0 aliphatic heterocycles. The summed E-state index contributed by atoms with van der Waals surface area (Å²) in [6.07, 6.45) is 0. The van der Waals surface area contributed by atoms with Crippen molar-refractivity contribution in [2.24, 2.45) is 0 Å². The smallest absolute Gasteiger partial charge is 0.188 e. The first-order valence-electron chi connectivity index (χ1n) is 3.32. The number of hydrogen-bond acceptors (Lipinski definition) is 3. The van der Waals surface area contributed by atoms with Gasteiger partial charge < -0.3 is 10.8 Å². The van der Waals surface area contributed by atoms with Gasteiger partial charge in [-0.25, -0.2) is 4.39 Å². The second-order valence-corrected chi connectivity index (χ2v) is 2.42. The van der Waals surface area contributed by atoms with Gasteiger partial charge in [-0.1, -0.05) is 0 Å². The number of nitrogens with two attached hydrogens (primary N) is 1. The van der Waals surface area contributed by atoms with Gasteiger partial charge in [0.15, 0.2) is 17.3 Å². The molecule has 0 radical (unpaired) electrons. The summed E-state index contributed by atoms with van der Waals surface area (Å²) < 4.78 is 12.8. The van der Waals surface area contributed by atoms with Crippen LogP contribution < -0.4 is 5.73 Å². The molecule has 0 spiro atoms. The molecule has 0 aromatic heterocycles. The topological polar surface area (TPSA) is 63.3 Å². The largest absolute Gasteiger partial charge is 0.504 e. The number of phenolic OH excluding ortho intramolecular Hbond substituents is 1. The number of aromatic hydroxyl groups is 1. The molecule has 0 saturated heterocycles. The van der Waals surface area contributed by atoms with Crippen LogP contribution >= 0.6 is 0 Å². The molecule has 0 unspecified atom stereocenters. The number of phenols is 1. The minimum atomic E-state index is -0.942. The molecule has 0 bridgehead atoms. The number of Topliss-reactive ketones (excluding diaryl/α,β-unsaturated/α-hetero) is 1. The molecule has 0 saturated carbocycles. The van der Waals surface area contributed by atoms with Crippen LogP contribution in [-0.2, 0) is 0 Å². The zero-order chi connectivity index (χ0) is 9.30. The summed E-state index contributed by atoms with van der Waals surface area (Å²) in [5.41, 5.74) is 4.92. The Kier molecular flexibility index (Phi) is 1.99. The molecule has 64 valence electrons. The summed E-state index contributed by atoms with van der Waals surface area (Å²) in [5, 5.41) is 9.07. The van der Waals surface area contributed by atoms with E-state index < -0.39 is 17.3 Å². The third-order valence-corrected chi connectivity index (χ3v) is 1.53. The van der Waals surface area contributed by atoms with Crippen molar-refractivity contribution >= 4 is 11.5 Å². The molecule has 0 aliphatic carbocycles. The van der Waals surface area contributed by atoms with Gasteiger partial charge >= 0.3 is 0 Å². The van der Waals surface area contributed by atoms with Crippen molar-refractivity contribution in [3.05, 3.63) is 23.5 Å². The lowest BCUT2D eigenvalue weighted by molar-refractivity contribution is 0.101. The lowest BCUT2D eigenvalue weighted by Gasteiger charge is -2.02. The first-order chi connectivity index (χ1) is 5.54. The van der Waals surface area contributed by atoms with Gasteiger partial charge in [0.25, 0.3) is 0 Å². The van der Waals surface area contributed by atoms with Crippen LogP contribution in [0.5, 0.6) is 5.75 Å². The van der Waals surface area contributed by atoms with E-state index >= 15 is 0 Å². The Morgan fingerprint density at radius 1 is 1.58 bits per heavy atom. The number of hydrogen-bond donors (Lipinski definition) is 2. The maximum atomic E-state index is 12.8. The lowest BCUT2D eigenvalue weighted by atomic mass is 10.1. The second-order valence-electron chi connectivity index (χ2n) is 2.42. The van der Waals surface area contributed by atoms with Gasteiger partial charge in [-0.2, -0.15) is 0 Å². The van der Waals surface area contributed by atoms with Crippen molar-refractivity contribution in [1.82, 2.24) is 0 Å². The van der Waals surface area contributed by atoms with Crippen molar-refractivity contribution in [3.8, 4) is 5.75 Å². The summed E-state index contributed by atoms with van der Waals surface area (Å²) in [4.78, 5) is 10.8. The average Bonchev–Trinajstić information content (AvgIpc) is 2.00. The normalized spacial score (nSPS) is 9.83. The van der Waals surface area contributed by atoms with E-state index in [4.69, 9.17) is 10.8 Å². The zero-order valence-corrected chi connectivity index (χ0v) is 6.47. The molecule has 0 amide bonds. The van der Waals surface area contributed by atoms with Gasteiger partial charge in [0.1, 0.15) is 0 Å². The van der Waals surface area contributed by atoms with Crippen molar-refractivity contribution in [1.29, 1.82) is 0 Å². The summed E-state index contributed by atoms with van der Waals surface area (Å²) >= 11 is 0. The van der Waals surface area contributed by atoms with Crippen molar-refractivity contribution < 1.29 is 14.3 Å². The summed E-state index contributed by atoms with van der Waals surface area (Å²) in [6.45, 7) is 1.24. The van der Waals surface area contributed by atoms with Crippen LogP contribution in [0.4, 0.5) is 10.1 Å². The van der Waals surface area contributed by atoms with Crippen LogP contribution in [0.2, 0.25) is 0 Å². The Morgan fingerprint density at radius 2 is 2.17 bits per heavy atom. The van der Waals surface area contributed by atoms with Gasteiger partial charge in [0.05, 0.1) is 11.3 Å². The number of anilines is 1. The molecule has 0 heterocycles. The Morgan fingerprint density at radius 3 is 2.67 bits per heavy atom. The van der Waals surface area contributed by atoms with Gasteiger partial charge in [0.2, 0.25) is 0 Å². The van der Waals surface area contributed by atoms with Gasteiger partial charge in [-0.15, -0.1) is 0 Å². The van der Waals surface area contributed by atoms with Gasteiger partial charge in [-0.05, 0) is 19.1 Å². The van der Waals surface area contributed by atoms with Crippen LogP contribution in [-0.4, -0.2) is 10.9 Å². The number of nitrogen functional groups attached to an aromatic ring is 1. The molecule has 1 rings (SSSR count). The highest BCUT2D eigenvalue weighted by atomic mass is 19.1. The SMILES string of the molecule is CC(=O)c1ccc(N)c(F)c1O. The third-order valence-electron chi connectivity index (χ3n) is 1.53. The van der Waals surface area contributed by atoms with E-state index in [9.17, 15) is 9.18 Å². The Bertz CT molecular complexity index is 336. The van der Waals surface area contributed by atoms with E-state index in [-0.39, 0.29) is 11.3 Å². The van der Waals surface area contributed by atoms with Crippen LogP contribution in [0.25, 0.3) is 0 Å². The molecule has 0 aliphatic rings. The summed E-state index contributed by atoms with van der Waals surface area (Å²) in [7, 11) is 0. The molecule has 0 atom stereocenters. The predicted octanol–water partition coefficient (Wildman–Crippen LogP) is 1.32. The maximum Gasteiger partial charge on any atom is 0.188 e. The Balaban J connectivity index is 3.36. The van der Waals surface area contributed by atoms with E-state index in [2.05, 4.69) is 0 Å². The molecule has 0 fully saturated rings. The minimum absolute atomic E-state index is 0.0540. The highest BCUT2D eigenvalue weighted by molar-refractivity contribution is 5.97. The molecular weight excluding hydrogens is 161 g/mol. The van der Waals surface area contributed by atoms with Crippen molar-refractivity contribution in [2.75, 3.05) is 5.73 Å². The monoisotopic (exact) mass is 169 g/mol. The Hall–Kier alpha value is -1.58. The fourth-order valence-corrected chi connectivity index (χ4v) is 0.864. The summed E-state index contributed by atoms with van der Waals surface area (Å²) in [6, 6.07) is 2.53. The molecular formula is C8H8FNO2. The first-order valence-corrected chi connectivity index (χ1v) is 3.32. The highest BCUT2D eigenvalue weighted by Gasteiger charge is 2.12. The van der Waals surface area contributed by atoms with Crippen LogP contribution in [0, 0.1) is 5.82 Å². The number of benzene rings is 1. The van der Waals surface area contributed by atoms with Crippen molar-refractivity contribution in [3.63, 3.8) is 0 Å².